The van der Waals surface area contributed by atoms with E-state index in [1.165, 1.54) is 12.8 Å². The molecular weight excluding hydrogens is 334 g/mol. The molecule has 4 heterocycles. The second-order valence-electron chi connectivity index (χ2n) is 6.75. The van der Waals surface area contributed by atoms with Crippen LogP contribution in [0, 0.1) is 6.92 Å². The molecular formula is C18H23N5O3. The summed E-state index contributed by atoms with van der Waals surface area (Å²) in [6.45, 7) is 5.01. The number of pyridine rings is 1. The van der Waals surface area contributed by atoms with E-state index in [4.69, 9.17) is 9.26 Å². The number of amides is 2. The minimum Gasteiger partial charge on any atom is -0.485 e. The van der Waals surface area contributed by atoms with Gasteiger partial charge in [-0.15, -0.1) is 0 Å². The highest BCUT2D eigenvalue weighted by molar-refractivity contribution is 5.88. The van der Waals surface area contributed by atoms with Crippen LogP contribution in [0.4, 0.5) is 16.4 Å². The van der Waals surface area contributed by atoms with Crippen LogP contribution >= 0.6 is 0 Å². The Morgan fingerprint density at radius 1 is 1.35 bits per heavy atom. The average molecular weight is 357 g/mol. The van der Waals surface area contributed by atoms with Crippen LogP contribution in [0.3, 0.4) is 0 Å². The summed E-state index contributed by atoms with van der Waals surface area (Å²) in [6, 6.07) is 5.36. The first-order chi connectivity index (χ1) is 12.7. The molecule has 0 aliphatic carbocycles. The molecule has 0 unspecified atom stereocenters. The third-order valence-corrected chi connectivity index (χ3v) is 4.75. The lowest BCUT2D eigenvalue weighted by molar-refractivity contribution is 0.194. The van der Waals surface area contributed by atoms with Gasteiger partial charge in [0.2, 0.25) is 0 Å². The maximum Gasteiger partial charge on any atom is 0.323 e. The molecule has 138 valence electrons. The number of anilines is 2. The topological polar surface area (TPSA) is 83.7 Å². The molecule has 2 amide bonds. The van der Waals surface area contributed by atoms with Crippen molar-refractivity contribution in [2.24, 2.45) is 0 Å². The van der Waals surface area contributed by atoms with E-state index in [9.17, 15) is 4.79 Å². The maximum absolute atomic E-state index is 12.4. The highest BCUT2D eigenvalue weighted by atomic mass is 16.5. The molecule has 0 radical (unpaired) electrons. The van der Waals surface area contributed by atoms with E-state index in [2.05, 4.69) is 20.4 Å². The highest BCUT2D eigenvalue weighted by Crippen LogP contribution is 2.30. The lowest BCUT2D eigenvalue weighted by Gasteiger charge is -2.22. The lowest BCUT2D eigenvalue weighted by Crippen LogP contribution is -2.34. The van der Waals surface area contributed by atoms with Gasteiger partial charge < -0.3 is 19.1 Å². The van der Waals surface area contributed by atoms with E-state index >= 15 is 0 Å². The quantitative estimate of drug-likeness (QED) is 0.906. The molecule has 2 fully saturated rings. The van der Waals surface area contributed by atoms with E-state index < -0.39 is 0 Å². The predicted octanol–water partition coefficient (Wildman–Crippen LogP) is 2.66. The molecule has 4 rings (SSSR count). The molecule has 2 aromatic rings. The number of ether oxygens (including phenoxy) is 1. The zero-order valence-corrected chi connectivity index (χ0v) is 14.9. The Labute approximate surface area is 152 Å². The fraction of sp³-hybridized carbons (Fsp3) is 0.500. The van der Waals surface area contributed by atoms with Crippen molar-refractivity contribution in [1.82, 2.24) is 15.0 Å². The van der Waals surface area contributed by atoms with Crippen molar-refractivity contribution in [2.45, 2.75) is 32.3 Å². The smallest absolute Gasteiger partial charge is 0.323 e. The Bertz CT molecular complexity index is 772. The van der Waals surface area contributed by atoms with Crippen molar-refractivity contribution in [3.63, 3.8) is 0 Å². The molecule has 2 aliphatic heterocycles. The molecule has 0 aromatic carbocycles. The van der Waals surface area contributed by atoms with E-state index in [0.717, 1.165) is 31.1 Å². The number of hydrogen-bond acceptors (Lipinski definition) is 6. The van der Waals surface area contributed by atoms with Crippen molar-refractivity contribution >= 4 is 17.7 Å². The average Bonchev–Trinajstić information content (AvgIpc) is 3.38. The fourth-order valence-corrected chi connectivity index (χ4v) is 3.44. The molecule has 8 nitrogen and oxygen atoms in total. The minimum atomic E-state index is -0.185. The van der Waals surface area contributed by atoms with Gasteiger partial charge in [-0.25, -0.2) is 9.78 Å². The Hall–Kier alpha value is -2.77. The summed E-state index contributed by atoms with van der Waals surface area (Å²) >= 11 is 0. The van der Waals surface area contributed by atoms with Gasteiger partial charge >= 0.3 is 6.03 Å². The number of carbonyl (C=O) groups is 1. The normalized spacial score (nSPS) is 19.8. The molecule has 26 heavy (non-hydrogen) atoms. The van der Waals surface area contributed by atoms with Crippen LogP contribution in [-0.2, 0) is 0 Å². The van der Waals surface area contributed by atoms with Gasteiger partial charge in [0.15, 0.2) is 17.4 Å². The molecule has 1 atom stereocenters. The summed E-state index contributed by atoms with van der Waals surface area (Å²) in [5.74, 6) is 2.80. The van der Waals surface area contributed by atoms with Gasteiger partial charge in [0.25, 0.3) is 0 Å². The van der Waals surface area contributed by atoms with E-state index in [1.807, 2.05) is 12.1 Å². The van der Waals surface area contributed by atoms with Gasteiger partial charge in [-0.3, -0.25) is 5.32 Å². The van der Waals surface area contributed by atoms with Crippen LogP contribution in [0.5, 0.6) is 5.75 Å². The van der Waals surface area contributed by atoms with Crippen molar-refractivity contribution in [3.8, 4) is 5.75 Å². The van der Waals surface area contributed by atoms with Crippen LogP contribution in [0.1, 0.15) is 25.0 Å². The Kier molecular flexibility index (Phi) is 4.64. The zero-order chi connectivity index (χ0) is 17.9. The van der Waals surface area contributed by atoms with Crippen molar-refractivity contribution < 1.29 is 14.1 Å². The number of urea groups is 1. The monoisotopic (exact) mass is 357 g/mol. The second kappa shape index (κ2) is 7.23. The molecule has 2 aliphatic rings. The molecule has 2 saturated heterocycles. The van der Waals surface area contributed by atoms with Gasteiger partial charge in [-0.1, -0.05) is 5.16 Å². The number of carbonyl (C=O) groups excluding carboxylic acids is 1. The van der Waals surface area contributed by atoms with Crippen LogP contribution in [0.15, 0.2) is 28.9 Å². The molecule has 0 bridgehead atoms. The van der Waals surface area contributed by atoms with Crippen LogP contribution in [0.25, 0.3) is 0 Å². The van der Waals surface area contributed by atoms with Gasteiger partial charge in [0, 0.05) is 38.3 Å². The lowest BCUT2D eigenvalue weighted by atomic mass is 10.3. The second-order valence-corrected chi connectivity index (χ2v) is 6.75. The largest absolute Gasteiger partial charge is 0.485 e. The molecule has 2 aromatic heterocycles. The third kappa shape index (κ3) is 3.58. The molecule has 1 N–H and O–H groups in total. The van der Waals surface area contributed by atoms with Gasteiger partial charge in [-0.2, -0.15) is 0 Å². The number of likely N-dealkylation sites (tertiary alicyclic amines) is 1. The Morgan fingerprint density at radius 2 is 2.19 bits per heavy atom. The first kappa shape index (κ1) is 16.7. The highest BCUT2D eigenvalue weighted by Gasteiger charge is 2.29. The minimum absolute atomic E-state index is 0.0367. The third-order valence-electron chi connectivity index (χ3n) is 4.75. The zero-order valence-electron chi connectivity index (χ0n) is 14.9. The number of aromatic nitrogens is 2. The maximum atomic E-state index is 12.4. The van der Waals surface area contributed by atoms with Gasteiger partial charge in [0.05, 0.1) is 6.54 Å². The predicted molar refractivity (Wildman–Crippen MR) is 96.5 cm³/mol. The Morgan fingerprint density at radius 3 is 2.96 bits per heavy atom. The van der Waals surface area contributed by atoms with E-state index in [1.54, 1.807) is 24.1 Å². The summed E-state index contributed by atoms with van der Waals surface area (Å²) in [5.41, 5.74) is 0. The van der Waals surface area contributed by atoms with E-state index in [0.29, 0.717) is 24.7 Å². The first-order valence-electron chi connectivity index (χ1n) is 9.05. The SMILES string of the molecule is Cc1cc(NC(=O)N2CC[C@H](Oc3cccnc3N3CCCC3)C2)no1. The van der Waals surface area contributed by atoms with Crippen molar-refractivity contribution in [2.75, 3.05) is 36.4 Å². The number of aryl methyl sites for hydroxylation is 1. The fourth-order valence-electron chi connectivity index (χ4n) is 3.44. The number of nitrogens with zero attached hydrogens (tertiary/aromatic N) is 4. The molecule has 0 spiro atoms. The van der Waals surface area contributed by atoms with Crippen LogP contribution < -0.4 is 15.0 Å². The molecule has 0 saturated carbocycles. The number of rotatable bonds is 4. The van der Waals surface area contributed by atoms with Gasteiger partial charge in [0.1, 0.15) is 11.9 Å². The summed E-state index contributed by atoms with van der Waals surface area (Å²) < 4.78 is 11.2. The van der Waals surface area contributed by atoms with Gasteiger partial charge in [-0.05, 0) is 31.9 Å². The number of nitrogens with one attached hydrogen (secondary N) is 1. The summed E-state index contributed by atoms with van der Waals surface area (Å²) in [6.07, 6.45) is 4.93. The first-order valence-corrected chi connectivity index (χ1v) is 9.05. The summed E-state index contributed by atoms with van der Waals surface area (Å²) in [5, 5.41) is 6.54. The summed E-state index contributed by atoms with van der Waals surface area (Å²) in [4.78, 5) is 20.9. The summed E-state index contributed by atoms with van der Waals surface area (Å²) in [7, 11) is 0. The molecule has 8 heteroatoms. The van der Waals surface area contributed by atoms with Crippen LogP contribution in [0.2, 0.25) is 0 Å². The van der Waals surface area contributed by atoms with Crippen molar-refractivity contribution in [3.05, 3.63) is 30.2 Å². The van der Waals surface area contributed by atoms with E-state index in [-0.39, 0.29) is 12.1 Å². The van der Waals surface area contributed by atoms with Crippen LogP contribution in [-0.4, -0.2) is 53.4 Å². The Balaban J connectivity index is 1.36. The van der Waals surface area contributed by atoms with Crippen molar-refractivity contribution in [1.29, 1.82) is 0 Å². The standard InChI is InChI=1S/C18H23N5O3/c1-13-11-16(21-26-13)20-18(24)23-10-6-14(12-23)25-15-5-4-7-19-17(15)22-8-2-3-9-22/h4-5,7,11,14H,2-3,6,8-10,12H2,1H3,(H,20,21,24)/t14-/m0/s1. The number of hydrogen-bond donors (Lipinski definition) is 1.